The van der Waals surface area contributed by atoms with Crippen LogP contribution in [-0.4, -0.2) is 41.5 Å². The summed E-state index contributed by atoms with van der Waals surface area (Å²) >= 11 is 11.6. The van der Waals surface area contributed by atoms with Gasteiger partial charge in [-0.05, 0) is 25.0 Å². The maximum atomic E-state index is 12.3. The van der Waals surface area contributed by atoms with Crippen molar-refractivity contribution in [3.63, 3.8) is 0 Å². The summed E-state index contributed by atoms with van der Waals surface area (Å²) in [5, 5.41) is 22.0. The Morgan fingerprint density at radius 1 is 1.45 bits per heavy atom. The molecule has 0 spiro atoms. The first-order chi connectivity index (χ1) is 9.47. The average Bonchev–Trinajstić information content (AvgIpc) is 2.82. The molecule has 110 valence electrons. The second-order valence-corrected chi connectivity index (χ2v) is 5.64. The molecule has 1 aromatic carbocycles. The topological polar surface area (TPSA) is 78.8 Å². The number of nitrogens with one attached hydrogen (secondary N) is 1. The van der Waals surface area contributed by atoms with Gasteiger partial charge in [-0.1, -0.05) is 23.2 Å². The summed E-state index contributed by atoms with van der Waals surface area (Å²) in [5.41, 5.74) is -0.612. The lowest BCUT2D eigenvalue weighted by atomic mass is 9.94. The second-order valence-electron chi connectivity index (χ2n) is 4.79. The highest BCUT2D eigenvalue weighted by Crippen LogP contribution is 2.32. The van der Waals surface area contributed by atoms with Crippen LogP contribution in [0.1, 0.15) is 23.2 Å². The lowest BCUT2D eigenvalue weighted by molar-refractivity contribution is 0.0848. The number of aliphatic hydroxyl groups excluding tert-OH is 1. The van der Waals surface area contributed by atoms with Gasteiger partial charge in [-0.15, -0.1) is 0 Å². The summed E-state index contributed by atoms with van der Waals surface area (Å²) in [4.78, 5) is 12.3. The average molecular weight is 320 g/mol. The third-order valence-corrected chi connectivity index (χ3v) is 3.85. The number of carbonyl (C=O) groups is 1. The van der Waals surface area contributed by atoms with E-state index in [1.165, 1.54) is 12.1 Å². The molecule has 1 unspecified atom stereocenters. The fourth-order valence-corrected chi connectivity index (χ4v) is 2.72. The minimum absolute atomic E-state index is 0.00622. The largest absolute Gasteiger partial charge is 0.506 e. The van der Waals surface area contributed by atoms with Crippen LogP contribution in [0.4, 0.5) is 0 Å². The molecular formula is C13H15Cl2NO4. The molecular weight excluding hydrogens is 305 g/mol. The molecule has 1 atom stereocenters. The molecule has 0 radical (unpaired) electrons. The van der Waals surface area contributed by atoms with Crippen molar-refractivity contribution < 1.29 is 19.7 Å². The van der Waals surface area contributed by atoms with Gasteiger partial charge >= 0.3 is 0 Å². The molecule has 0 saturated carbocycles. The number of benzene rings is 1. The highest BCUT2D eigenvalue weighted by Gasteiger charge is 2.36. The Balaban J connectivity index is 2.23. The Morgan fingerprint density at radius 3 is 2.80 bits per heavy atom. The summed E-state index contributed by atoms with van der Waals surface area (Å²) < 4.78 is 5.29. The molecule has 1 saturated heterocycles. The third-order valence-electron chi connectivity index (χ3n) is 3.35. The zero-order valence-electron chi connectivity index (χ0n) is 10.7. The van der Waals surface area contributed by atoms with Crippen molar-refractivity contribution in [1.82, 2.24) is 5.32 Å². The SMILES string of the molecule is O=C(NC1(CCO)CCOC1)c1cc(Cl)cc(Cl)c1O. The normalized spacial score (nSPS) is 21.9. The Labute approximate surface area is 126 Å². The van der Waals surface area contributed by atoms with Crippen LogP contribution in [0.15, 0.2) is 12.1 Å². The van der Waals surface area contributed by atoms with Crippen molar-refractivity contribution in [3.8, 4) is 5.75 Å². The lowest BCUT2D eigenvalue weighted by Crippen LogP contribution is -2.49. The molecule has 1 aliphatic rings. The fourth-order valence-electron chi connectivity index (χ4n) is 2.23. The Hall–Kier alpha value is -1.01. The minimum Gasteiger partial charge on any atom is -0.506 e. The van der Waals surface area contributed by atoms with Gasteiger partial charge in [0.15, 0.2) is 0 Å². The van der Waals surface area contributed by atoms with Crippen LogP contribution in [0.25, 0.3) is 0 Å². The molecule has 1 aromatic rings. The molecule has 0 bridgehead atoms. The van der Waals surface area contributed by atoms with Gasteiger partial charge in [-0.25, -0.2) is 0 Å². The van der Waals surface area contributed by atoms with Gasteiger partial charge in [-0.3, -0.25) is 4.79 Å². The van der Waals surface area contributed by atoms with Crippen LogP contribution in [0.5, 0.6) is 5.75 Å². The summed E-state index contributed by atoms with van der Waals surface area (Å²) in [6.07, 6.45) is 0.988. The maximum absolute atomic E-state index is 12.3. The van der Waals surface area contributed by atoms with Gasteiger partial charge < -0.3 is 20.3 Å². The fraction of sp³-hybridized carbons (Fsp3) is 0.462. The number of aliphatic hydroxyl groups is 1. The number of halogens is 2. The van der Waals surface area contributed by atoms with Crippen LogP contribution in [0.3, 0.4) is 0 Å². The molecule has 1 heterocycles. The molecule has 1 amide bonds. The first kappa shape index (κ1) is 15.4. The maximum Gasteiger partial charge on any atom is 0.255 e. The highest BCUT2D eigenvalue weighted by molar-refractivity contribution is 6.36. The number of rotatable bonds is 4. The van der Waals surface area contributed by atoms with E-state index in [2.05, 4.69) is 5.32 Å². The zero-order valence-corrected chi connectivity index (χ0v) is 12.2. The number of amides is 1. The van der Waals surface area contributed by atoms with Crippen LogP contribution in [0.2, 0.25) is 10.0 Å². The van der Waals surface area contributed by atoms with Gasteiger partial charge in [0.05, 0.1) is 22.7 Å². The molecule has 3 N–H and O–H groups in total. The van der Waals surface area contributed by atoms with Crippen molar-refractivity contribution in [3.05, 3.63) is 27.7 Å². The van der Waals surface area contributed by atoms with E-state index in [0.29, 0.717) is 26.1 Å². The summed E-state index contributed by atoms with van der Waals surface area (Å²) in [6.45, 7) is 0.781. The van der Waals surface area contributed by atoms with E-state index in [0.717, 1.165) is 0 Å². The predicted molar refractivity (Wildman–Crippen MR) is 75.5 cm³/mol. The van der Waals surface area contributed by atoms with Gasteiger partial charge in [-0.2, -0.15) is 0 Å². The van der Waals surface area contributed by atoms with Crippen LogP contribution in [-0.2, 0) is 4.74 Å². The first-order valence-corrected chi connectivity index (χ1v) is 6.92. The van der Waals surface area contributed by atoms with E-state index in [4.69, 9.17) is 33.0 Å². The van der Waals surface area contributed by atoms with Crippen LogP contribution >= 0.6 is 23.2 Å². The molecule has 2 rings (SSSR count). The summed E-state index contributed by atoms with van der Waals surface area (Å²) in [7, 11) is 0. The minimum atomic E-state index is -0.618. The Kier molecular flexibility index (Phi) is 4.75. The van der Waals surface area contributed by atoms with E-state index in [-0.39, 0.29) is 28.0 Å². The van der Waals surface area contributed by atoms with Gasteiger partial charge in [0, 0.05) is 18.2 Å². The monoisotopic (exact) mass is 319 g/mol. The van der Waals surface area contributed by atoms with E-state index in [9.17, 15) is 9.90 Å². The molecule has 0 aliphatic carbocycles. The van der Waals surface area contributed by atoms with E-state index in [1.807, 2.05) is 0 Å². The number of phenols is 1. The molecule has 1 fully saturated rings. The van der Waals surface area contributed by atoms with E-state index >= 15 is 0 Å². The molecule has 1 aliphatic heterocycles. The number of phenolic OH excluding ortho intramolecular Hbond substituents is 1. The van der Waals surface area contributed by atoms with Gasteiger partial charge in [0.2, 0.25) is 0 Å². The Bertz CT molecular complexity index is 515. The van der Waals surface area contributed by atoms with Gasteiger partial charge in [0.25, 0.3) is 5.91 Å². The van der Waals surface area contributed by atoms with Crippen molar-refractivity contribution in [2.75, 3.05) is 19.8 Å². The number of ether oxygens (including phenoxy) is 1. The smallest absolute Gasteiger partial charge is 0.255 e. The van der Waals surface area contributed by atoms with E-state index in [1.54, 1.807) is 0 Å². The number of hydrogen-bond acceptors (Lipinski definition) is 4. The molecule has 7 heteroatoms. The quantitative estimate of drug-likeness (QED) is 0.792. The summed E-state index contributed by atoms with van der Waals surface area (Å²) in [6, 6.07) is 2.71. The Morgan fingerprint density at radius 2 is 2.20 bits per heavy atom. The van der Waals surface area contributed by atoms with Gasteiger partial charge in [0.1, 0.15) is 5.75 Å². The van der Waals surface area contributed by atoms with Crippen molar-refractivity contribution in [2.45, 2.75) is 18.4 Å². The first-order valence-electron chi connectivity index (χ1n) is 6.16. The standard InChI is InChI=1S/C13H15Cl2NO4/c14-8-5-9(11(18)10(15)6-8)12(19)16-13(1-3-17)2-4-20-7-13/h5-6,17-18H,1-4,7H2,(H,16,19). The lowest BCUT2D eigenvalue weighted by Gasteiger charge is -2.28. The zero-order chi connectivity index (χ0) is 14.8. The number of carbonyl (C=O) groups excluding carboxylic acids is 1. The van der Waals surface area contributed by atoms with Crippen LogP contribution in [0, 0.1) is 0 Å². The van der Waals surface area contributed by atoms with E-state index < -0.39 is 11.4 Å². The third kappa shape index (κ3) is 3.17. The highest BCUT2D eigenvalue weighted by atomic mass is 35.5. The molecule has 20 heavy (non-hydrogen) atoms. The van der Waals surface area contributed by atoms with Crippen molar-refractivity contribution in [2.24, 2.45) is 0 Å². The van der Waals surface area contributed by atoms with Crippen LogP contribution < -0.4 is 5.32 Å². The second kappa shape index (κ2) is 6.18. The van der Waals surface area contributed by atoms with Crippen molar-refractivity contribution in [1.29, 1.82) is 0 Å². The predicted octanol–water partition coefficient (Wildman–Crippen LogP) is 1.97. The van der Waals surface area contributed by atoms with Crippen molar-refractivity contribution >= 4 is 29.1 Å². The number of aromatic hydroxyl groups is 1. The molecule has 5 nitrogen and oxygen atoms in total. The number of hydrogen-bond donors (Lipinski definition) is 3. The molecule has 0 aromatic heterocycles. The summed E-state index contributed by atoms with van der Waals surface area (Å²) in [5.74, 6) is -0.808.